The van der Waals surface area contributed by atoms with Gasteiger partial charge in [0.1, 0.15) is 5.82 Å². The Morgan fingerprint density at radius 1 is 1.03 bits per heavy atom. The van der Waals surface area contributed by atoms with Gasteiger partial charge in [-0.1, -0.05) is 66.7 Å². The van der Waals surface area contributed by atoms with E-state index in [1.54, 1.807) is 42.5 Å². The average molecular weight is 493 g/mol. The van der Waals surface area contributed by atoms with E-state index in [4.69, 9.17) is 17.0 Å². The number of hydrogen-bond acceptors (Lipinski definition) is 4. The number of benzene rings is 3. The van der Waals surface area contributed by atoms with Crippen LogP contribution in [0.25, 0.3) is 0 Å². The van der Waals surface area contributed by atoms with Crippen molar-refractivity contribution < 1.29 is 19.0 Å². The fraction of sp³-hybridized carbons (Fsp3) is 0.286. The Morgan fingerprint density at radius 2 is 1.69 bits per heavy atom. The number of rotatable bonds is 7. The Kier molecular flexibility index (Phi) is 8.23. The van der Waals surface area contributed by atoms with Crippen LogP contribution in [0, 0.1) is 11.7 Å². The molecule has 3 aromatic rings. The second kappa shape index (κ2) is 11.5. The molecule has 0 bridgehead atoms. The quantitative estimate of drug-likeness (QED) is 0.417. The summed E-state index contributed by atoms with van der Waals surface area (Å²) in [5, 5.41) is 16.4. The molecule has 3 atom stereocenters. The Bertz CT molecular complexity index is 1150. The minimum absolute atomic E-state index is 0.0872. The number of amides is 1. The third-order valence-electron chi connectivity index (χ3n) is 6.61. The van der Waals surface area contributed by atoms with Crippen molar-refractivity contribution in [3.8, 4) is 0 Å². The number of carbonyl (C=O) groups is 1. The lowest BCUT2D eigenvalue weighted by molar-refractivity contribution is -0.0388. The molecule has 5 nitrogen and oxygen atoms in total. The monoisotopic (exact) mass is 492 g/mol. The fourth-order valence-electron chi connectivity index (χ4n) is 4.81. The summed E-state index contributed by atoms with van der Waals surface area (Å²) in [6.07, 6.45) is 1.53. The van der Waals surface area contributed by atoms with E-state index >= 15 is 4.39 Å². The minimum atomic E-state index is -0.992. The summed E-state index contributed by atoms with van der Waals surface area (Å²) in [6.45, 7) is 0.275. The van der Waals surface area contributed by atoms with Gasteiger partial charge in [-0.2, -0.15) is 0 Å². The fourth-order valence-corrected chi connectivity index (χ4v) is 5.08. The summed E-state index contributed by atoms with van der Waals surface area (Å²) < 4.78 is 21.2. The molecule has 3 aromatic carbocycles. The van der Waals surface area contributed by atoms with E-state index in [2.05, 4.69) is 10.6 Å². The molecule has 0 spiro atoms. The SMILES string of the molecule is O=C(NC(=S)NC1(c2ccccc2F)CCC(OCc2ccccc2)CC1CO)c1ccccc1. The lowest BCUT2D eigenvalue weighted by Crippen LogP contribution is -2.58. The molecule has 0 aliphatic heterocycles. The molecule has 0 saturated heterocycles. The predicted molar refractivity (Wildman–Crippen MR) is 137 cm³/mol. The molecule has 0 radical (unpaired) electrons. The first-order valence-corrected chi connectivity index (χ1v) is 12.1. The summed E-state index contributed by atoms with van der Waals surface area (Å²) in [5.41, 5.74) is 0.959. The Morgan fingerprint density at radius 3 is 2.37 bits per heavy atom. The van der Waals surface area contributed by atoms with Crippen LogP contribution in [0.2, 0.25) is 0 Å². The summed E-state index contributed by atoms with van der Waals surface area (Å²) in [6, 6.07) is 25.1. The number of ether oxygens (including phenoxy) is 1. The normalized spacial score (nSPS) is 21.8. The second-order valence-electron chi connectivity index (χ2n) is 8.80. The highest BCUT2D eigenvalue weighted by atomic mass is 32.1. The minimum Gasteiger partial charge on any atom is -0.396 e. The van der Waals surface area contributed by atoms with E-state index in [0.717, 1.165) is 5.56 Å². The van der Waals surface area contributed by atoms with Crippen molar-refractivity contribution in [2.45, 2.75) is 37.5 Å². The third-order valence-corrected chi connectivity index (χ3v) is 6.81. The largest absolute Gasteiger partial charge is 0.396 e. The van der Waals surface area contributed by atoms with E-state index in [0.29, 0.717) is 37.0 Å². The Balaban J connectivity index is 1.54. The van der Waals surface area contributed by atoms with Gasteiger partial charge in [-0.25, -0.2) is 4.39 Å². The van der Waals surface area contributed by atoms with Crippen LogP contribution in [-0.2, 0) is 16.9 Å². The first-order chi connectivity index (χ1) is 17.0. The number of aliphatic hydroxyl groups excluding tert-OH is 1. The molecule has 182 valence electrons. The molecule has 3 N–H and O–H groups in total. The molecule has 1 aliphatic rings. The smallest absolute Gasteiger partial charge is 0.257 e. The Hall–Kier alpha value is -3.13. The molecule has 1 aliphatic carbocycles. The standard InChI is InChI=1S/C28H29FN2O3S/c29-25-14-8-7-13-24(25)28(31-27(35)30-26(33)21-11-5-2-6-12-21)16-15-23(17-22(28)18-32)34-19-20-9-3-1-4-10-20/h1-14,22-23,32H,15-19H2,(H2,30,31,33,35). The lowest BCUT2D eigenvalue weighted by atomic mass is 9.68. The average Bonchev–Trinajstić information content (AvgIpc) is 2.89. The van der Waals surface area contributed by atoms with Gasteiger partial charge in [0.2, 0.25) is 0 Å². The van der Waals surface area contributed by atoms with Gasteiger partial charge in [0, 0.05) is 23.7 Å². The molecule has 0 aromatic heterocycles. The summed E-state index contributed by atoms with van der Waals surface area (Å²) in [4.78, 5) is 12.6. The highest BCUT2D eigenvalue weighted by Gasteiger charge is 2.47. The highest BCUT2D eigenvalue weighted by Crippen LogP contribution is 2.43. The van der Waals surface area contributed by atoms with Crippen LogP contribution in [-0.4, -0.2) is 28.8 Å². The zero-order valence-corrected chi connectivity index (χ0v) is 20.1. The maximum absolute atomic E-state index is 15.1. The zero-order valence-electron chi connectivity index (χ0n) is 19.3. The maximum Gasteiger partial charge on any atom is 0.257 e. The van der Waals surface area contributed by atoms with Crippen LogP contribution >= 0.6 is 12.2 Å². The van der Waals surface area contributed by atoms with Crippen LogP contribution < -0.4 is 10.6 Å². The van der Waals surface area contributed by atoms with Gasteiger partial charge < -0.3 is 15.2 Å². The Labute approximate surface area is 210 Å². The second-order valence-corrected chi connectivity index (χ2v) is 9.21. The number of nitrogens with one attached hydrogen (secondary N) is 2. The van der Waals surface area contributed by atoms with E-state index in [-0.39, 0.29) is 35.5 Å². The molecule has 3 unspecified atom stereocenters. The molecular weight excluding hydrogens is 463 g/mol. The summed E-state index contributed by atoms with van der Waals surface area (Å²) >= 11 is 5.49. The molecule has 1 saturated carbocycles. The molecular formula is C28H29FN2O3S. The highest BCUT2D eigenvalue weighted by molar-refractivity contribution is 7.80. The van der Waals surface area contributed by atoms with Gasteiger partial charge in [-0.05, 0) is 55.2 Å². The summed E-state index contributed by atoms with van der Waals surface area (Å²) in [7, 11) is 0. The van der Waals surface area contributed by atoms with Gasteiger partial charge in [0.25, 0.3) is 5.91 Å². The van der Waals surface area contributed by atoms with E-state index in [9.17, 15) is 9.90 Å². The van der Waals surface area contributed by atoms with E-state index in [1.807, 2.05) is 36.4 Å². The molecule has 7 heteroatoms. The van der Waals surface area contributed by atoms with Crippen molar-refractivity contribution in [2.24, 2.45) is 5.92 Å². The van der Waals surface area contributed by atoms with Crippen LogP contribution in [0.4, 0.5) is 4.39 Å². The number of aliphatic hydroxyl groups is 1. The van der Waals surface area contributed by atoms with Crippen LogP contribution in [0.15, 0.2) is 84.9 Å². The van der Waals surface area contributed by atoms with Crippen molar-refractivity contribution in [1.82, 2.24) is 10.6 Å². The van der Waals surface area contributed by atoms with Crippen molar-refractivity contribution in [3.05, 3.63) is 107 Å². The van der Waals surface area contributed by atoms with Crippen molar-refractivity contribution in [3.63, 3.8) is 0 Å². The van der Waals surface area contributed by atoms with E-state index < -0.39 is 5.54 Å². The summed E-state index contributed by atoms with van der Waals surface area (Å²) in [5.74, 6) is -1.13. The first-order valence-electron chi connectivity index (χ1n) is 11.7. The molecule has 35 heavy (non-hydrogen) atoms. The van der Waals surface area contributed by atoms with Gasteiger partial charge in [-0.15, -0.1) is 0 Å². The molecule has 4 rings (SSSR count). The van der Waals surface area contributed by atoms with Crippen molar-refractivity contribution >= 4 is 23.2 Å². The van der Waals surface area contributed by atoms with Crippen LogP contribution in [0.1, 0.15) is 40.7 Å². The van der Waals surface area contributed by atoms with Gasteiger partial charge in [0.15, 0.2) is 5.11 Å². The third kappa shape index (κ3) is 5.93. The number of halogens is 1. The topological polar surface area (TPSA) is 70.6 Å². The molecule has 1 fully saturated rings. The number of hydrogen-bond donors (Lipinski definition) is 3. The van der Waals surface area contributed by atoms with Crippen molar-refractivity contribution in [2.75, 3.05) is 6.61 Å². The zero-order chi connectivity index (χ0) is 24.7. The molecule has 0 heterocycles. The number of carbonyl (C=O) groups excluding carboxylic acids is 1. The van der Waals surface area contributed by atoms with Crippen molar-refractivity contribution in [1.29, 1.82) is 0 Å². The van der Waals surface area contributed by atoms with Gasteiger partial charge in [-0.3, -0.25) is 10.1 Å². The van der Waals surface area contributed by atoms with E-state index in [1.165, 1.54) is 6.07 Å². The number of thiocarbonyl (C=S) groups is 1. The van der Waals surface area contributed by atoms with Gasteiger partial charge >= 0.3 is 0 Å². The van der Waals surface area contributed by atoms with Gasteiger partial charge in [0.05, 0.1) is 18.2 Å². The molecule has 1 amide bonds. The maximum atomic E-state index is 15.1. The lowest BCUT2D eigenvalue weighted by Gasteiger charge is -2.47. The predicted octanol–water partition coefficient (Wildman–Crippen LogP) is 4.70. The van der Waals surface area contributed by atoms with Crippen LogP contribution in [0.5, 0.6) is 0 Å². The first kappa shape index (κ1) is 25.0. The van der Waals surface area contributed by atoms with Crippen LogP contribution in [0.3, 0.4) is 0 Å².